The first kappa shape index (κ1) is 11.2. The number of hydrogen-bond acceptors (Lipinski definition) is 3. The molecule has 2 aromatic rings. The molecule has 1 N–H and O–H groups in total. The van der Waals surface area contributed by atoms with E-state index in [1.54, 1.807) is 0 Å². The number of aryl methyl sites for hydroxylation is 1. The zero-order chi connectivity index (χ0) is 11.5. The maximum Gasteiger partial charge on any atom is 0.0938 e. The molecule has 0 bridgehead atoms. The van der Waals surface area contributed by atoms with Gasteiger partial charge < -0.3 is 5.32 Å². The van der Waals surface area contributed by atoms with Crippen LogP contribution in [0.5, 0.6) is 0 Å². The summed E-state index contributed by atoms with van der Waals surface area (Å²) < 4.78 is 1.33. The summed E-state index contributed by atoms with van der Waals surface area (Å²) in [6.45, 7) is 2.40. The number of fused-ring (bicyclic) bond motifs is 1. The van der Waals surface area contributed by atoms with Crippen LogP contribution in [0.15, 0.2) is 24.3 Å². The second-order valence-corrected chi connectivity index (χ2v) is 5.92. The third-order valence-electron chi connectivity index (χ3n) is 3.56. The van der Waals surface area contributed by atoms with Crippen LogP contribution in [-0.2, 0) is 6.42 Å². The van der Waals surface area contributed by atoms with E-state index >= 15 is 0 Å². The van der Waals surface area contributed by atoms with Crippen molar-refractivity contribution in [3.63, 3.8) is 0 Å². The van der Waals surface area contributed by atoms with Gasteiger partial charge in [0.1, 0.15) is 0 Å². The predicted octanol–water partition coefficient (Wildman–Crippen LogP) is 3.23. The standard InChI is InChI=1S/C14H18N2S/c1-2-4-13-12(3-1)16-14(17-13)6-5-11-7-9-15-10-8-11/h1-4,11,15H,5-10H2. The van der Waals surface area contributed by atoms with Gasteiger partial charge in [-0.2, -0.15) is 0 Å². The lowest BCUT2D eigenvalue weighted by Gasteiger charge is -2.21. The summed E-state index contributed by atoms with van der Waals surface area (Å²) in [6.07, 6.45) is 5.14. The summed E-state index contributed by atoms with van der Waals surface area (Å²) >= 11 is 1.86. The number of rotatable bonds is 3. The molecule has 1 aromatic heterocycles. The Morgan fingerprint density at radius 3 is 2.88 bits per heavy atom. The summed E-state index contributed by atoms with van der Waals surface area (Å²) in [5.41, 5.74) is 1.16. The van der Waals surface area contributed by atoms with Crippen molar-refractivity contribution in [3.8, 4) is 0 Å². The van der Waals surface area contributed by atoms with Crippen molar-refractivity contribution >= 4 is 21.6 Å². The zero-order valence-corrected chi connectivity index (χ0v) is 10.8. The molecule has 3 rings (SSSR count). The van der Waals surface area contributed by atoms with Crippen molar-refractivity contribution in [3.05, 3.63) is 29.3 Å². The largest absolute Gasteiger partial charge is 0.317 e. The Morgan fingerprint density at radius 2 is 2.06 bits per heavy atom. The van der Waals surface area contributed by atoms with E-state index in [-0.39, 0.29) is 0 Å². The lowest BCUT2D eigenvalue weighted by Crippen LogP contribution is -2.27. The molecule has 0 atom stereocenters. The van der Waals surface area contributed by atoms with Gasteiger partial charge in [0, 0.05) is 0 Å². The highest BCUT2D eigenvalue weighted by molar-refractivity contribution is 7.18. The van der Waals surface area contributed by atoms with Gasteiger partial charge in [-0.1, -0.05) is 12.1 Å². The predicted molar refractivity (Wildman–Crippen MR) is 73.5 cm³/mol. The molecule has 1 aliphatic heterocycles. The second kappa shape index (κ2) is 5.15. The van der Waals surface area contributed by atoms with Gasteiger partial charge in [-0.15, -0.1) is 11.3 Å². The van der Waals surface area contributed by atoms with Gasteiger partial charge in [0.15, 0.2) is 0 Å². The number of aromatic nitrogens is 1. The Bertz CT molecular complexity index is 453. The van der Waals surface area contributed by atoms with Gasteiger partial charge in [0.2, 0.25) is 0 Å². The van der Waals surface area contributed by atoms with E-state index in [1.807, 2.05) is 11.3 Å². The van der Waals surface area contributed by atoms with E-state index < -0.39 is 0 Å². The Labute approximate surface area is 106 Å². The number of hydrogen-bond donors (Lipinski definition) is 1. The SMILES string of the molecule is c1ccc2sc(CCC3CCNCC3)nc2c1. The first-order chi connectivity index (χ1) is 8.42. The number of benzene rings is 1. The first-order valence-electron chi connectivity index (χ1n) is 6.47. The first-order valence-corrected chi connectivity index (χ1v) is 7.28. The average Bonchev–Trinajstić information content (AvgIpc) is 2.80. The molecule has 90 valence electrons. The van der Waals surface area contributed by atoms with Crippen LogP contribution >= 0.6 is 11.3 Å². The molecule has 0 radical (unpaired) electrons. The average molecular weight is 246 g/mol. The molecule has 0 aliphatic carbocycles. The molecular weight excluding hydrogens is 228 g/mol. The second-order valence-electron chi connectivity index (χ2n) is 4.81. The molecule has 0 unspecified atom stereocenters. The normalized spacial score (nSPS) is 17.6. The van der Waals surface area contributed by atoms with E-state index in [4.69, 9.17) is 4.98 Å². The van der Waals surface area contributed by atoms with Crippen LogP contribution in [0.2, 0.25) is 0 Å². The van der Waals surface area contributed by atoms with Crippen LogP contribution in [0.1, 0.15) is 24.3 Å². The van der Waals surface area contributed by atoms with Crippen LogP contribution in [0.3, 0.4) is 0 Å². The molecule has 1 aromatic carbocycles. The maximum atomic E-state index is 4.70. The van der Waals surface area contributed by atoms with E-state index in [9.17, 15) is 0 Å². The highest BCUT2D eigenvalue weighted by Crippen LogP contribution is 2.25. The van der Waals surface area contributed by atoms with E-state index in [1.165, 1.54) is 42.1 Å². The van der Waals surface area contributed by atoms with Crippen molar-refractivity contribution in [2.45, 2.75) is 25.7 Å². The number of nitrogens with zero attached hydrogens (tertiary/aromatic N) is 1. The van der Waals surface area contributed by atoms with Crippen molar-refractivity contribution in [2.24, 2.45) is 5.92 Å². The molecule has 1 fully saturated rings. The number of para-hydroxylation sites is 1. The lowest BCUT2D eigenvalue weighted by atomic mass is 9.93. The van der Waals surface area contributed by atoms with Crippen LogP contribution in [0.4, 0.5) is 0 Å². The van der Waals surface area contributed by atoms with E-state index in [0.717, 1.165) is 17.9 Å². The minimum absolute atomic E-state index is 0.906. The number of thiazole rings is 1. The molecule has 2 nitrogen and oxygen atoms in total. The van der Waals surface area contributed by atoms with Crippen LogP contribution in [0.25, 0.3) is 10.2 Å². The number of nitrogens with one attached hydrogen (secondary N) is 1. The molecule has 1 saturated heterocycles. The summed E-state index contributed by atoms with van der Waals surface area (Å²) in [7, 11) is 0. The summed E-state index contributed by atoms with van der Waals surface area (Å²) in [6, 6.07) is 8.44. The van der Waals surface area contributed by atoms with Crippen LogP contribution in [0, 0.1) is 5.92 Å². The van der Waals surface area contributed by atoms with Gasteiger partial charge in [0.25, 0.3) is 0 Å². The van der Waals surface area contributed by atoms with E-state index in [2.05, 4.69) is 29.6 Å². The zero-order valence-electron chi connectivity index (χ0n) is 9.98. The minimum Gasteiger partial charge on any atom is -0.317 e. The quantitative estimate of drug-likeness (QED) is 0.899. The summed E-state index contributed by atoms with van der Waals surface area (Å²) in [4.78, 5) is 4.70. The molecule has 1 aliphatic rings. The fourth-order valence-corrected chi connectivity index (χ4v) is 3.51. The van der Waals surface area contributed by atoms with Gasteiger partial charge in [-0.3, -0.25) is 0 Å². The summed E-state index contributed by atoms with van der Waals surface area (Å²) in [5.74, 6) is 0.906. The van der Waals surface area contributed by atoms with Crippen molar-refractivity contribution < 1.29 is 0 Å². The lowest BCUT2D eigenvalue weighted by molar-refractivity contribution is 0.354. The smallest absolute Gasteiger partial charge is 0.0938 e. The Kier molecular flexibility index (Phi) is 3.39. The molecule has 2 heterocycles. The summed E-state index contributed by atoms with van der Waals surface area (Å²) in [5, 5.41) is 4.73. The van der Waals surface area contributed by atoms with Crippen LogP contribution < -0.4 is 5.32 Å². The fraction of sp³-hybridized carbons (Fsp3) is 0.500. The fourth-order valence-electron chi connectivity index (χ4n) is 2.52. The van der Waals surface area contributed by atoms with Crippen molar-refractivity contribution in [2.75, 3.05) is 13.1 Å². The molecule has 17 heavy (non-hydrogen) atoms. The monoisotopic (exact) mass is 246 g/mol. The molecule has 0 saturated carbocycles. The third-order valence-corrected chi connectivity index (χ3v) is 4.66. The topological polar surface area (TPSA) is 24.9 Å². The van der Waals surface area contributed by atoms with Gasteiger partial charge >= 0.3 is 0 Å². The molecular formula is C14H18N2S. The Morgan fingerprint density at radius 1 is 1.24 bits per heavy atom. The van der Waals surface area contributed by atoms with Gasteiger partial charge in [-0.05, 0) is 56.8 Å². The third kappa shape index (κ3) is 2.67. The molecule has 3 heteroatoms. The van der Waals surface area contributed by atoms with Crippen LogP contribution in [-0.4, -0.2) is 18.1 Å². The highest BCUT2D eigenvalue weighted by atomic mass is 32.1. The van der Waals surface area contributed by atoms with Crippen molar-refractivity contribution in [1.29, 1.82) is 0 Å². The Balaban J connectivity index is 1.64. The molecule has 0 amide bonds. The van der Waals surface area contributed by atoms with Gasteiger partial charge in [-0.25, -0.2) is 4.98 Å². The van der Waals surface area contributed by atoms with E-state index in [0.29, 0.717) is 0 Å². The van der Waals surface area contributed by atoms with Crippen molar-refractivity contribution in [1.82, 2.24) is 10.3 Å². The highest BCUT2D eigenvalue weighted by Gasteiger charge is 2.13. The number of piperidine rings is 1. The minimum atomic E-state index is 0.906. The van der Waals surface area contributed by atoms with Gasteiger partial charge in [0.05, 0.1) is 15.2 Å². The Hall–Kier alpha value is -0.930. The maximum absolute atomic E-state index is 4.70. The molecule has 0 spiro atoms.